The number of anilines is 6. The van der Waals surface area contributed by atoms with Crippen LogP contribution >= 0.6 is 11.3 Å². The van der Waals surface area contributed by atoms with E-state index < -0.39 is 0 Å². The summed E-state index contributed by atoms with van der Waals surface area (Å²) < 4.78 is 15.6. The molecule has 0 N–H and O–H groups in total. The number of rotatable bonds is 8. The summed E-state index contributed by atoms with van der Waals surface area (Å²) >= 11 is 1.86. The summed E-state index contributed by atoms with van der Waals surface area (Å²) in [4.78, 5) is 4.83. The van der Waals surface area contributed by atoms with Gasteiger partial charge in [-0.1, -0.05) is 133 Å². The fourth-order valence-electron chi connectivity index (χ4n) is 12.0. The van der Waals surface area contributed by atoms with Crippen LogP contribution in [0.25, 0.3) is 119 Å². The van der Waals surface area contributed by atoms with Crippen molar-refractivity contribution in [2.24, 2.45) is 0 Å². The number of hydrogen-bond donors (Lipinski definition) is 0. The van der Waals surface area contributed by atoms with Crippen molar-refractivity contribution in [1.82, 2.24) is 0 Å². The second-order valence-electron chi connectivity index (χ2n) is 20.0. The van der Waals surface area contributed by atoms with Crippen LogP contribution in [0.1, 0.15) is 0 Å². The molecule has 0 aliphatic heterocycles. The Morgan fingerprint density at radius 1 is 0.247 bits per heavy atom. The average molecular weight is 1000 g/mol. The lowest BCUT2D eigenvalue weighted by Crippen LogP contribution is -2.11. The second-order valence-corrected chi connectivity index (χ2v) is 21.1. The molecule has 0 spiro atoms. The minimum absolute atomic E-state index is 0.858. The molecule has 0 unspecified atom stereocenters. The Kier molecular flexibility index (Phi) is 9.78. The molecule has 4 nitrogen and oxygen atoms in total. The van der Waals surface area contributed by atoms with Crippen LogP contribution in [0, 0.1) is 0 Å². The highest BCUT2D eigenvalue weighted by Gasteiger charge is 2.23. The Labute approximate surface area is 447 Å². The van der Waals surface area contributed by atoms with Crippen LogP contribution in [-0.2, 0) is 0 Å². The van der Waals surface area contributed by atoms with Gasteiger partial charge in [0.25, 0.3) is 0 Å². The molecule has 16 aromatic rings. The van der Waals surface area contributed by atoms with Gasteiger partial charge in [0.1, 0.15) is 22.3 Å². The summed E-state index contributed by atoms with van der Waals surface area (Å²) in [7, 11) is 0. The van der Waals surface area contributed by atoms with E-state index in [0.717, 1.165) is 122 Å². The van der Waals surface area contributed by atoms with E-state index in [1.807, 2.05) is 29.5 Å². The second kappa shape index (κ2) is 17.3. The number of thiophene rings is 1. The van der Waals surface area contributed by atoms with Crippen molar-refractivity contribution < 1.29 is 8.83 Å². The van der Waals surface area contributed by atoms with E-state index in [1.165, 1.54) is 30.9 Å². The van der Waals surface area contributed by atoms with Crippen molar-refractivity contribution in [3.05, 3.63) is 267 Å². The van der Waals surface area contributed by atoms with E-state index in [-0.39, 0.29) is 0 Å². The summed E-state index contributed by atoms with van der Waals surface area (Å²) in [5.74, 6) is 0. The Balaban J connectivity index is 0.988. The molecular formula is C72H44N2O2S. The molecule has 0 atom stereocenters. The highest BCUT2D eigenvalue weighted by Crippen LogP contribution is 2.49. The molecule has 0 fully saturated rings. The normalized spacial score (nSPS) is 11.9. The number of nitrogens with zero attached hydrogens (tertiary/aromatic N) is 2. The van der Waals surface area contributed by atoms with Gasteiger partial charge in [-0.3, -0.25) is 0 Å². The topological polar surface area (TPSA) is 32.8 Å². The van der Waals surface area contributed by atoms with Crippen LogP contribution in [0.15, 0.2) is 276 Å². The molecule has 0 amide bonds. The number of benzene rings is 13. The summed E-state index contributed by atoms with van der Waals surface area (Å²) in [5.41, 5.74) is 14.3. The Bertz CT molecular complexity index is 4960. The highest BCUT2D eigenvalue weighted by atomic mass is 32.1. The third-order valence-corrected chi connectivity index (χ3v) is 16.7. The highest BCUT2D eigenvalue weighted by molar-refractivity contribution is 7.25. The molecule has 0 saturated carbocycles. The molecule has 5 heteroatoms. The van der Waals surface area contributed by atoms with Gasteiger partial charge in [0.2, 0.25) is 0 Å². The first-order chi connectivity index (χ1) is 38.1. The third-order valence-electron chi connectivity index (χ3n) is 15.6. The maximum absolute atomic E-state index is 6.61. The maximum Gasteiger partial charge on any atom is 0.136 e. The van der Waals surface area contributed by atoms with Crippen molar-refractivity contribution in [3.63, 3.8) is 0 Å². The van der Waals surface area contributed by atoms with Crippen LogP contribution in [0.5, 0.6) is 0 Å². The molecule has 13 aromatic carbocycles. The average Bonchev–Trinajstić information content (AvgIpc) is 4.20. The molecule has 77 heavy (non-hydrogen) atoms. The lowest BCUT2D eigenvalue weighted by molar-refractivity contribution is 0.668. The van der Waals surface area contributed by atoms with Gasteiger partial charge >= 0.3 is 0 Å². The number of fused-ring (bicyclic) bond motifs is 13. The summed E-state index contributed by atoms with van der Waals surface area (Å²) in [6.45, 7) is 0. The van der Waals surface area contributed by atoms with Gasteiger partial charge in [-0.2, -0.15) is 0 Å². The zero-order valence-corrected chi connectivity index (χ0v) is 42.3. The van der Waals surface area contributed by atoms with Crippen LogP contribution in [0.4, 0.5) is 34.1 Å². The van der Waals surface area contributed by atoms with Gasteiger partial charge in [-0.25, -0.2) is 0 Å². The summed E-state index contributed by atoms with van der Waals surface area (Å²) in [6, 6.07) is 96.9. The zero-order valence-electron chi connectivity index (χ0n) is 41.5. The van der Waals surface area contributed by atoms with Crippen LogP contribution < -0.4 is 9.80 Å². The molecule has 0 saturated heterocycles. The van der Waals surface area contributed by atoms with Crippen molar-refractivity contribution in [1.29, 1.82) is 0 Å². The molecule has 0 aliphatic rings. The van der Waals surface area contributed by atoms with Crippen molar-refractivity contribution in [2.45, 2.75) is 0 Å². The van der Waals surface area contributed by atoms with Crippen LogP contribution in [0.3, 0.4) is 0 Å². The monoisotopic (exact) mass is 1000 g/mol. The van der Waals surface area contributed by atoms with Crippen molar-refractivity contribution in [2.75, 3.05) is 9.80 Å². The van der Waals surface area contributed by atoms with E-state index in [9.17, 15) is 0 Å². The molecule has 0 bridgehead atoms. The predicted molar refractivity (Wildman–Crippen MR) is 327 cm³/mol. The summed E-state index contributed by atoms with van der Waals surface area (Å²) in [6.07, 6.45) is 0. The van der Waals surface area contributed by atoms with E-state index in [0.29, 0.717) is 0 Å². The fourth-order valence-corrected chi connectivity index (χ4v) is 13.1. The van der Waals surface area contributed by atoms with Gasteiger partial charge in [0, 0.05) is 75.5 Å². The van der Waals surface area contributed by atoms with E-state index in [4.69, 9.17) is 8.83 Å². The van der Waals surface area contributed by atoms with Gasteiger partial charge < -0.3 is 18.6 Å². The zero-order chi connectivity index (χ0) is 50.6. The van der Waals surface area contributed by atoms with Gasteiger partial charge in [-0.05, 0) is 183 Å². The maximum atomic E-state index is 6.61. The predicted octanol–water partition coefficient (Wildman–Crippen LogP) is 21.6. The smallest absolute Gasteiger partial charge is 0.136 e. The van der Waals surface area contributed by atoms with Crippen LogP contribution in [0.2, 0.25) is 0 Å². The number of hydrogen-bond acceptors (Lipinski definition) is 5. The number of furan rings is 2. The standard InChI is InChI=1S/C72H44N2O2S/c1-4-18-50(19-5-1)73(54-31-35-71-65(43-54)64-36-45-16-10-11-17-46(45)41-72(64)77-71)53-30-33-55-62(42-53)61-44-60(48-28-32-58-56-24-12-14-26-67(56)76-70(58)40-48)59(47-29-34-69-63(37-47)57-25-13-15-27-68(57)75-69)38-49(61)39-66(55)74(51-20-6-2-7-21-51)52-22-8-3-9-23-52/h1-44H. The Morgan fingerprint density at radius 2 is 0.766 bits per heavy atom. The molecule has 0 aliphatic carbocycles. The molecule has 0 radical (unpaired) electrons. The first-order valence-corrected chi connectivity index (χ1v) is 26.9. The van der Waals surface area contributed by atoms with Crippen molar-refractivity contribution in [3.8, 4) is 22.3 Å². The molecule has 3 heterocycles. The molecule has 16 rings (SSSR count). The Morgan fingerprint density at radius 3 is 1.49 bits per heavy atom. The van der Waals surface area contributed by atoms with E-state index in [2.05, 4.69) is 259 Å². The molecule has 3 aromatic heterocycles. The Hall–Kier alpha value is -9.94. The van der Waals surface area contributed by atoms with Crippen LogP contribution in [-0.4, -0.2) is 0 Å². The quantitative estimate of drug-likeness (QED) is 0.142. The lowest BCUT2D eigenvalue weighted by atomic mass is 9.88. The lowest BCUT2D eigenvalue weighted by Gasteiger charge is -2.29. The minimum Gasteiger partial charge on any atom is -0.456 e. The SMILES string of the molecule is c1ccc(N(c2ccc3sc4cc5ccccc5cc4c3c2)c2ccc3c(N(c4ccccc4)c4ccccc4)cc4cc(-c5ccc6oc7ccccc7c6c5)c(-c5ccc6c(c5)oc5ccccc56)cc4c3c2)cc1. The molecular weight excluding hydrogens is 957 g/mol. The first-order valence-electron chi connectivity index (χ1n) is 26.1. The first kappa shape index (κ1) is 43.5. The molecule has 360 valence electrons. The summed E-state index contributed by atoms with van der Waals surface area (Å²) in [5, 5.41) is 14.0. The number of para-hydroxylation sites is 5. The van der Waals surface area contributed by atoms with Gasteiger partial charge in [-0.15, -0.1) is 11.3 Å². The minimum atomic E-state index is 0.858. The largest absolute Gasteiger partial charge is 0.456 e. The van der Waals surface area contributed by atoms with E-state index >= 15 is 0 Å². The fraction of sp³-hybridized carbons (Fsp3) is 0. The van der Waals surface area contributed by atoms with E-state index in [1.54, 1.807) is 0 Å². The van der Waals surface area contributed by atoms with Crippen molar-refractivity contribution >= 4 is 142 Å². The van der Waals surface area contributed by atoms with Gasteiger partial charge in [0.05, 0.1) is 5.69 Å². The third kappa shape index (κ3) is 7.12. The van der Waals surface area contributed by atoms with Gasteiger partial charge in [0.15, 0.2) is 0 Å².